The molecule has 138 valence electrons. The third-order valence-electron chi connectivity index (χ3n) is 4.10. The van der Waals surface area contributed by atoms with Gasteiger partial charge in [-0.2, -0.15) is 0 Å². The first-order valence-corrected chi connectivity index (χ1v) is 8.50. The Hall–Kier alpha value is -3.41. The van der Waals surface area contributed by atoms with Crippen LogP contribution in [0.25, 0.3) is 22.4 Å². The van der Waals surface area contributed by atoms with E-state index in [4.69, 9.17) is 14.5 Å². The van der Waals surface area contributed by atoms with E-state index in [1.54, 1.807) is 20.4 Å². The molecule has 0 saturated heterocycles. The molecule has 0 aliphatic carbocycles. The van der Waals surface area contributed by atoms with Gasteiger partial charge < -0.3 is 14.8 Å². The predicted molar refractivity (Wildman–Crippen MR) is 104 cm³/mol. The van der Waals surface area contributed by atoms with Gasteiger partial charge in [-0.25, -0.2) is 9.97 Å². The van der Waals surface area contributed by atoms with Gasteiger partial charge in [0, 0.05) is 24.2 Å². The number of ether oxygens (including phenoxy) is 2. The minimum atomic E-state index is -0.121. The van der Waals surface area contributed by atoms with E-state index in [0.717, 1.165) is 33.9 Å². The number of hydrogen-bond acceptors (Lipinski definition) is 5. The third-order valence-corrected chi connectivity index (χ3v) is 4.10. The fraction of sp³-hybridized carbons (Fsp3) is 0.190. The van der Waals surface area contributed by atoms with Crippen LogP contribution in [-0.4, -0.2) is 30.1 Å². The summed E-state index contributed by atoms with van der Waals surface area (Å²) in [6, 6.07) is 15.4. The normalized spacial score (nSPS) is 10.3. The minimum absolute atomic E-state index is 0.121. The molecule has 0 saturated carbocycles. The van der Waals surface area contributed by atoms with E-state index in [9.17, 15) is 4.79 Å². The van der Waals surface area contributed by atoms with E-state index in [1.807, 2.05) is 48.5 Å². The van der Waals surface area contributed by atoms with E-state index in [-0.39, 0.29) is 12.5 Å². The van der Waals surface area contributed by atoms with Gasteiger partial charge in [0.2, 0.25) is 5.91 Å². The van der Waals surface area contributed by atoms with Crippen LogP contribution in [0.3, 0.4) is 0 Å². The SMILES string of the molecule is COc1ccc(-c2cnc(CNC(C)=O)nc2-c2ccc(OC)cc2)cc1. The predicted octanol–water partition coefficient (Wildman–Crippen LogP) is 3.46. The van der Waals surface area contributed by atoms with Crippen LogP contribution >= 0.6 is 0 Å². The van der Waals surface area contributed by atoms with Gasteiger partial charge in [0.25, 0.3) is 0 Å². The average Bonchev–Trinajstić information content (AvgIpc) is 2.72. The zero-order chi connectivity index (χ0) is 19.2. The summed E-state index contributed by atoms with van der Waals surface area (Å²) < 4.78 is 10.5. The molecule has 0 atom stereocenters. The molecule has 6 nitrogen and oxygen atoms in total. The molecule has 0 spiro atoms. The highest BCUT2D eigenvalue weighted by molar-refractivity contribution is 5.80. The van der Waals surface area contributed by atoms with Gasteiger partial charge in [0.05, 0.1) is 26.5 Å². The minimum Gasteiger partial charge on any atom is -0.497 e. The Morgan fingerprint density at radius 1 is 0.926 bits per heavy atom. The Balaban J connectivity index is 2.05. The second kappa shape index (κ2) is 8.31. The number of carbonyl (C=O) groups excluding carboxylic acids is 1. The molecule has 0 unspecified atom stereocenters. The summed E-state index contributed by atoms with van der Waals surface area (Å²) >= 11 is 0. The largest absolute Gasteiger partial charge is 0.497 e. The molecule has 0 aliphatic rings. The molecule has 1 heterocycles. The third kappa shape index (κ3) is 4.41. The van der Waals surface area contributed by atoms with E-state index in [0.29, 0.717) is 5.82 Å². The number of rotatable bonds is 6. The van der Waals surface area contributed by atoms with Gasteiger partial charge in [0.15, 0.2) is 0 Å². The highest BCUT2D eigenvalue weighted by atomic mass is 16.5. The molecule has 1 amide bonds. The summed E-state index contributed by atoms with van der Waals surface area (Å²) in [5.41, 5.74) is 3.60. The van der Waals surface area contributed by atoms with Crippen LogP contribution in [0.4, 0.5) is 0 Å². The smallest absolute Gasteiger partial charge is 0.217 e. The van der Waals surface area contributed by atoms with E-state index in [1.165, 1.54) is 6.92 Å². The first-order chi connectivity index (χ1) is 13.1. The van der Waals surface area contributed by atoms with E-state index >= 15 is 0 Å². The van der Waals surface area contributed by atoms with Crippen LogP contribution in [0.15, 0.2) is 54.7 Å². The lowest BCUT2D eigenvalue weighted by atomic mass is 10.0. The number of nitrogens with one attached hydrogen (secondary N) is 1. The van der Waals surface area contributed by atoms with Gasteiger partial charge >= 0.3 is 0 Å². The summed E-state index contributed by atoms with van der Waals surface area (Å²) in [6.45, 7) is 1.75. The Morgan fingerprint density at radius 3 is 2.00 bits per heavy atom. The van der Waals surface area contributed by atoms with Crippen molar-refractivity contribution in [2.45, 2.75) is 13.5 Å². The van der Waals surface area contributed by atoms with Crippen molar-refractivity contribution in [1.82, 2.24) is 15.3 Å². The van der Waals surface area contributed by atoms with Gasteiger partial charge in [0.1, 0.15) is 17.3 Å². The lowest BCUT2D eigenvalue weighted by Crippen LogP contribution is -2.20. The van der Waals surface area contributed by atoms with Gasteiger partial charge in [-0.15, -0.1) is 0 Å². The fourth-order valence-corrected chi connectivity index (χ4v) is 2.66. The topological polar surface area (TPSA) is 73.3 Å². The van der Waals surface area contributed by atoms with Crippen LogP contribution in [-0.2, 0) is 11.3 Å². The van der Waals surface area contributed by atoms with Crippen molar-refractivity contribution in [3.63, 3.8) is 0 Å². The molecule has 6 heteroatoms. The Bertz CT molecular complexity index is 922. The molecule has 0 bridgehead atoms. The molecule has 1 N–H and O–H groups in total. The Labute approximate surface area is 158 Å². The van der Waals surface area contributed by atoms with Gasteiger partial charge in [-0.05, 0) is 42.0 Å². The number of methoxy groups -OCH3 is 2. The summed E-state index contributed by atoms with van der Waals surface area (Å²) in [5, 5.41) is 2.73. The quantitative estimate of drug-likeness (QED) is 0.726. The molecule has 3 rings (SSSR count). The highest BCUT2D eigenvalue weighted by Gasteiger charge is 2.12. The van der Waals surface area contributed by atoms with E-state index < -0.39 is 0 Å². The number of nitrogens with zero attached hydrogens (tertiary/aromatic N) is 2. The lowest BCUT2D eigenvalue weighted by molar-refractivity contribution is -0.119. The van der Waals surface area contributed by atoms with Crippen LogP contribution < -0.4 is 14.8 Å². The van der Waals surface area contributed by atoms with E-state index in [2.05, 4.69) is 10.3 Å². The fourth-order valence-electron chi connectivity index (χ4n) is 2.66. The molecule has 0 radical (unpaired) electrons. The summed E-state index contributed by atoms with van der Waals surface area (Å²) in [6.07, 6.45) is 1.78. The Morgan fingerprint density at radius 2 is 1.48 bits per heavy atom. The zero-order valence-corrected chi connectivity index (χ0v) is 15.5. The number of benzene rings is 2. The maximum Gasteiger partial charge on any atom is 0.217 e. The zero-order valence-electron chi connectivity index (χ0n) is 15.5. The van der Waals surface area contributed by atoms with Crippen molar-refractivity contribution in [2.24, 2.45) is 0 Å². The van der Waals surface area contributed by atoms with Crippen LogP contribution in [0, 0.1) is 0 Å². The number of hydrogen-bond donors (Lipinski definition) is 1. The Kier molecular flexibility index (Phi) is 5.66. The lowest BCUT2D eigenvalue weighted by Gasteiger charge is -2.12. The summed E-state index contributed by atoms with van der Waals surface area (Å²) in [4.78, 5) is 20.3. The van der Waals surface area contributed by atoms with Crippen LogP contribution in [0.5, 0.6) is 11.5 Å². The van der Waals surface area contributed by atoms with Gasteiger partial charge in [-0.1, -0.05) is 12.1 Å². The molecular weight excluding hydrogens is 342 g/mol. The molecule has 3 aromatic rings. The van der Waals surface area contributed by atoms with Crippen molar-refractivity contribution >= 4 is 5.91 Å². The maximum absolute atomic E-state index is 11.2. The molecular formula is C21H21N3O3. The molecule has 27 heavy (non-hydrogen) atoms. The van der Waals surface area contributed by atoms with Crippen molar-refractivity contribution in [2.75, 3.05) is 14.2 Å². The van der Waals surface area contributed by atoms with Crippen molar-refractivity contribution in [3.8, 4) is 33.9 Å². The van der Waals surface area contributed by atoms with Crippen molar-refractivity contribution in [1.29, 1.82) is 0 Å². The van der Waals surface area contributed by atoms with Crippen LogP contribution in [0.1, 0.15) is 12.7 Å². The average molecular weight is 363 g/mol. The number of amides is 1. The first-order valence-electron chi connectivity index (χ1n) is 8.50. The molecule has 1 aromatic heterocycles. The summed E-state index contributed by atoms with van der Waals surface area (Å²) in [7, 11) is 3.27. The summed E-state index contributed by atoms with van der Waals surface area (Å²) in [5.74, 6) is 1.99. The standard InChI is InChI=1S/C21H21N3O3/c1-14(25)22-13-20-23-12-19(15-4-8-17(26-2)9-5-15)21(24-20)16-6-10-18(27-3)11-7-16/h4-12H,13H2,1-3H3,(H,22,25). The molecule has 0 aliphatic heterocycles. The highest BCUT2D eigenvalue weighted by Crippen LogP contribution is 2.32. The number of carbonyl (C=O) groups is 1. The second-order valence-electron chi connectivity index (χ2n) is 5.92. The van der Waals surface area contributed by atoms with Crippen molar-refractivity contribution in [3.05, 3.63) is 60.6 Å². The second-order valence-corrected chi connectivity index (χ2v) is 5.92. The monoisotopic (exact) mass is 363 g/mol. The maximum atomic E-state index is 11.2. The molecule has 0 fully saturated rings. The van der Waals surface area contributed by atoms with Crippen LogP contribution in [0.2, 0.25) is 0 Å². The number of aromatic nitrogens is 2. The van der Waals surface area contributed by atoms with Crippen molar-refractivity contribution < 1.29 is 14.3 Å². The molecule has 2 aromatic carbocycles. The first kappa shape index (κ1) is 18.4. The van der Waals surface area contributed by atoms with Gasteiger partial charge in [-0.3, -0.25) is 4.79 Å².